The predicted molar refractivity (Wildman–Crippen MR) is 44.1 cm³/mol. The summed E-state index contributed by atoms with van der Waals surface area (Å²) in [5.74, 6) is -0.658. The van der Waals surface area contributed by atoms with E-state index >= 15 is 0 Å². The normalized spacial score (nSPS) is 7.67. The summed E-state index contributed by atoms with van der Waals surface area (Å²) in [7, 11) is 0. The van der Waals surface area contributed by atoms with Gasteiger partial charge in [-0.15, -0.1) is 0 Å². The molecule has 74 valence electrons. The van der Waals surface area contributed by atoms with E-state index < -0.39 is 0 Å². The SMILES string of the molecule is NC(=O)CCCCC(N)=O.O.O. The number of carbonyl (C=O) groups excluding carboxylic acids is 2. The van der Waals surface area contributed by atoms with E-state index in [9.17, 15) is 9.59 Å². The van der Waals surface area contributed by atoms with E-state index in [-0.39, 0.29) is 22.8 Å². The maximum absolute atomic E-state index is 10.2. The molecule has 0 rings (SSSR count). The molecule has 0 radical (unpaired) electrons. The van der Waals surface area contributed by atoms with Crippen LogP contribution in [0.2, 0.25) is 0 Å². The highest BCUT2D eigenvalue weighted by atomic mass is 16.1. The van der Waals surface area contributed by atoms with Gasteiger partial charge in [-0.05, 0) is 12.8 Å². The minimum atomic E-state index is -0.329. The Bertz CT molecular complexity index is 122. The molecule has 0 aromatic carbocycles. The summed E-state index contributed by atoms with van der Waals surface area (Å²) in [6.07, 6.45) is 1.98. The van der Waals surface area contributed by atoms with Crippen LogP contribution < -0.4 is 11.5 Å². The molecular formula is C6H16N2O4. The van der Waals surface area contributed by atoms with Gasteiger partial charge in [-0.2, -0.15) is 0 Å². The molecule has 0 saturated heterocycles. The molecule has 0 bridgehead atoms. The lowest BCUT2D eigenvalue weighted by Gasteiger charge is -1.93. The molecule has 2 amide bonds. The van der Waals surface area contributed by atoms with Gasteiger partial charge in [-0.1, -0.05) is 0 Å². The van der Waals surface area contributed by atoms with Crippen molar-refractivity contribution in [3.8, 4) is 0 Å². The lowest BCUT2D eigenvalue weighted by molar-refractivity contribution is -0.119. The quantitative estimate of drug-likeness (QED) is 0.464. The molecule has 0 heterocycles. The van der Waals surface area contributed by atoms with E-state index in [0.29, 0.717) is 25.7 Å². The molecule has 0 fully saturated rings. The first-order valence-electron chi connectivity index (χ1n) is 3.19. The maximum Gasteiger partial charge on any atom is 0.217 e. The van der Waals surface area contributed by atoms with Gasteiger partial charge in [-0.3, -0.25) is 9.59 Å². The average Bonchev–Trinajstić information content (AvgIpc) is 1.79. The third-order valence-electron chi connectivity index (χ3n) is 1.10. The lowest BCUT2D eigenvalue weighted by Crippen LogP contribution is -2.12. The van der Waals surface area contributed by atoms with Crippen LogP contribution in [0.3, 0.4) is 0 Å². The molecule has 0 unspecified atom stereocenters. The minimum Gasteiger partial charge on any atom is -0.412 e. The van der Waals surface area contributed by atoms with Crippen LogP contribution in [0.5, 0.6) is 0 Å². The third kappa shape index (κ3) is 15.9. The van der Waals surface area contributed by atoms with Crippen LogP contribution in [-0.2, 0) is 9.59 Å². The number of hydrogen-bond acceptors (Lipinski definition) is 2. The van der Waals surface area contributed by atoms with E-state index in [4.69, 9.17) is 11.5 Å². The molecule has 6 nitrogen and oxygen atoms in total. The van der Waals surface area contributed by atoms with E-state index in [2.05, 4.69) is 0 Å². The molecule has 12 heavy (non-hydrogen) atoms. The Morgan fingerprint density at radius 1 is 0.833 bits per heavy atom. The van der Waals surface area contributed by atoms with E-state index in [0.717, 1.165) is 0 Å². The summed E-state index contributed by atoms with van der Waals surface area (Å²) in [6, 6.07) is 0. The summed E-state index contributed by atoms with van der Waals surface area (Å²) in [5, 5.41) is 0. The van der Waals surface area contributed by atoms with Crippen molar-refractivity contribution in [2.24, 2.45) is 11.5 Å². The van der Waals surface area contributed by atoms with Crippen LogP contribution in [0, 0.1) is 0 Å². The molecule has 6 heteroatoms. The fraction of sp³-hybridized carbons (Fsp3) is 0.667. The zero-order valence-electron chi connectivity index (χ0n) is 6.80. The number of carbonyl (C=O) groups is 2. The molecule has 0 spiro atoms. The molecule has 0 aliphatic rings. The van der Waals surface area contributed by atoms with Crippen LogP contribution in [0.1, 0.15) is 25.7 Å². The summed E-state index contributed by atoms with van der Waals surface area (Å²) in [4.78, 5) is 20.3. The van der Waals surface area contributed by atoms with Crippen LogP contribution in [0.4, 0.5) is 0 Å². The summed E-state index contributed by atoms with van der Waals surface area (Å²) in [5.41, 5.74) is 9.71. The van der Waals surface area contributed by atoms with E-state index in [1.165, 1.54) is 0 Å². The first-order chi connectivity index (χ1) is 4.63. The monoisotopic (exact) mass is 180 g/mol. The summed E-state index contributed by atoms with van der Waals surface area (Å²) >= 11 is 0. The van der Waals surface area contributed by atoms with Crippen LogP contribution >= 0.6 is 0 Å². The van der Waals surface area contributed by atoms with Gasteiger partial charge in [0, 0.05) is 12.8 Å². The van der Waals surface area contributed by atoms with Crippen LogP contribution in [0.25, 0.3) is 0 Å². The Morgan fingerprint density at radius 2 is 1.08 bits per heavy atom. The number of rotatable bonds is 5. The number of amides is 2. The van der Waals surface area contributed by atoms with Crippen molar-refractivity contribution < 1.29 is 20.5 Å². The van der Waals surface area contributed by atoms with Crippen molar-refractivity contribution in [2.45, 2.75) is 25.7 Å². The van der Waals surface area contributed by atoms with Crippen molar-refractivity contribution in [1.82, 2.24) is 0 Å². The topological polar surface area (TPSA) is 149 Å². The Hall–Kier alpha value is -1.14. The zero-order valence-corrected chi connectivity index (χ0v) is 6.80. The molecule has 0 aromatic rings. The number of primary amides is 2. The molecule has 0 aromatic heterocycles. The van der Waals surface area contributed by atoms with Gasteiger partial charge in [0.25, 0.3) is 0 Å². The van der Waals surface area contributed by atoms with Gasteiger partial charge in [0.05, 0.1) is 0 Å². The zero-order chi connectivity index (χ0) is 7.98. The largest absolute Gasteiger partial charge is 0.412 e. The molecule has 0 aliphatic carbocycles. The van der Waals surface area contributed by atoms with Gasteiger partial charge >= 0.3 is 0 Å². The Kier molecular flexibility index (Phi) is 14.0. The fourth-order valence-corrected chi connectivity index (χ4v) is 0.598. The molecular weight excluding hydrogens is 164 g/mol. The summed E-state index contributed by atoms with van der Waals surface area (Å²) < 4.78 is 0. The van der Waals surface area contributed by atoms with Crippen molar-refractivity contribution in [1.29, 1.82) is 0 Å². The van der Waals surface area contributed by atoms with Gasteiger partial charge in [0.15, 0.2) is 0 Å². The standard InChI is InChI=1S/C6H12N2O2.2H2O/c7-5(9)3-1-2-4-6(8)10;;/h1-4H2,(H2,7,9)(H2,8,10);2*1H2. The highest BCUT2D eigenvalue weighted by Crippen LogP contribution is 1.97. The highest BCUT2D eigenvalue weighted by Gasteiger charge is 1.96. The van der Waals surface area contributed by atoms with Crippen molar-refractivity contribution in [3.05, 3.63) is 0 Å². The Labute approximate surface area is 70.5 Å². The molecule has 0 aliphatic heterocycles. The van der Waals surface area contributed by atoms with E-state index in [1.54, 1.807) is 0 Å². The fourth-order valence-electron chi connectivity index (χ4n) is 0.598. The van der Waals surface area contributed by atoms with Crippen molar-refractivity contribution in [2.75, 3.05) is 0 Å². The average molecular weight is 180 g/mol. The van der Waals surface area contributed by atoms with Crippen LogP contribution in [0.15, 0.2) is 0 Å². The third-order valence-corrected chi connectivity index (χ3v) is 1.10. The van der Waals surface area contributed by atoms with Gasteiger partial charge in [0.1, 0.15) is 0 Å². The first-order valence-corrected chi connectivity index (χ1v) is 3.19. The second-order valence-corrected chi connectivity index (χ2v) is 2.14. The van der Waals surface area contributed by atoms with E-state index in [1.807, 2.05) is 0 Å². The second-order valence-electron chi connectivity index (χ2n) is 2.14. The van der Waals surface area contributed by atoms with Gasteiger partial charge < -0.3 is 22.4 Å². The smallest absolute Gasteiger partial charge is 0.217 e. The van der Waals surface area contributed by atoms with Crippen LogP contribution in [-0.4, -0.2) is 22.8 Å². The maximum atomic E-state index is 10.2. The minimum absolute atomic E-state index is 0. The first kappa shape index (κ1) is 17.1. The van der Waals surface area contributed by atoms with Gasteiger partial charge in [-0.25, -0.2) is 0 Å². The Balaban J connectivity index is -0.000000405. The van der Waals surface area contributed by atoms with Crippen molar-refractivity contribution in [3.63, 3.8) is 0 Å². The number of unbranched alkanes of at least 4 members (excludes halogenated alkanes) is 1. The summed E-state index contributed by atoms with van der Waals surface area (Å²) in [6.45, 7) is 0. The molecule has 8 N–H and O–H groups in total. The number of nitrogens with two attached hydrogens (primary N) is 2. The Morgan fingerprint density at radius 3 is 1.25 bits per heavy atom. The predicted octanol–water partition coefficient (Wildman–Crippen LogP) is -2.13. The number of hydrogen-bond donors (Lipinski definition) is 2. The second kappa shape index (κ2) is 9.86. The van der Waals surface area contributed by atoms with Crippen molar-refractivity contribution >= 4 is 11.8 Å². The molecule has 0 saturated carbocycles. The highest BCUT2D eigenvalue weighted by molar-refractivity contribution is 5.74. The lowest BCUT2D eigenvalue weighted by atomic mass is 10.2. The molecule has 0 atom stereocenters. The van der Waals surface area contributed by atoms with Gasteiger partial charge in [0.2, 0.25) is 11.8 Å².